The van der Waals surface area contributed by atoms with Crippen molar-refractivity contribution in [2.45, 2.75) is 51.9 Å². The molecule has 6 nitrogen and oxygen atoms in total. The number of amides is 2. The summed E-state index contributed by atoms with van der Waals surface area (Å²) in [5, 5.41) is 5.04. The number of rotatable bonds is 8. The lowest BCUT2D eigenvalue weighted by Crippen LogP contribution is -2.53. The molecular weight excluding hydrogens is 428 g/mol. The second kappa shape index (κ2) is 9.40. The zero-order valence-electron chi connectivity index (χ0n) is 19.9. The Balaban J connectivity index is 1.11. The summed E-state index contributed by atoms with van der Waals surface area (Å²) in [6, 6.07) is 13.7. The highest BCUT2D eigenvalue weighted by Crippen LogP contribution is 2.60. The number of carbonyl (C=O) groups is 3. The molecule has 0 aliphatic heterocycles. The van der Waals surface area contributed by atoms with E-state index in [-0.39, 0.29) is 36.8 Å². The topological polar surface area (TPSA) is 75.7 Å². The van der Waals surface area contributed by atoms with Crippen molar-refractivity contribution in [2.24, 2.45) is 23.2 Å². The van der Waals surface area contributed by atoms with Gasteiger partial charge in [0.2, 0.25) is 5.91 Å². The van der Waals surface area contributed by atoms with Crippen molar-refractivity contribution in [3.63, 3.8) is 0 Å². The summed E-state index contributed by atoms with van der Waals surface area (Å²) >= 11 is 0. The van der Waals surface area contributed by atoms with E-state index in [1.54, 1.807) is 4.90 Å². The summed E-state index contributed by atoms with van der Waals surface area (Å²) in [5.74, 6) is 1.50. The normalized spacial score (nSPS) is 26.9. The lowest BCUT2D eigenvalue weighted by atomic mass is 9.49. The van der Waals surface area contributed by atoms with E-state index in [1.807, 2.05) is 49.4 Å². The maximum Gasteiger partial charge on any atom is 0.308 e. The maximum absolute atomic E-state index is 13.0. The highest BCUT2D eigenvalue weighted by molar-refractivity contribution is 6.04. The number of nitrogens with one attached hydrogen (secondary N) is 1. The first-order chi connectivity index (χ1) is 16.5. The average Bonchev–Trinajstić information content (AvgIpc) is 2.82. The van der Waals surface area contributed by atoms with Crippen LogP contribution in [0.25, 0.3) is 10.8 Å². The van der Waals surface area contributed by atoms with Gasteiger partial charge in [0.1, 0.15) is 0 Å². The van der Waals surface area contributed by atoms with Gasteiger partial charge >= 0.3 is 5.97 Å². The number of nitrogens with zero attached hydrogens (tertiary/aromatic N) is 1. The second-order valence-corrected chi connectivity index (χ2v) is 10.5. The molecular formula is C28H34N2O4. The number of hydrogen-bond acceptors (Lipinski definition) is 4. The van der Waals surface area contributed by atoms with Crippen molar-refractivity contribution in [3.8, 4) is 0 Å². The van der Waals surface area contributed by atoms with E-state index < -0.39 is 5.97 Å². The summed E-state index contributed by atoms with van der Waals surface area (Å²) in [4.78, 5) is 39.8. The van der Waals surface area contributed by atoms with Crippen LogP contribution < -0.4 is 10.2 Å². The van der Waals surface area contributed by atoms with Gasteiger partial charge in [-0.1, -0.05) is 36.4 Å². The Morgan fingerprint density at radius 3 is 2.29 bits per heavy atom. The van der Waals surface area contributed by atoms with Crippen LogP contribution in [0, 0.1) is 23.2 Å². The van der Waals surface area contributed by atoms with Crippen LogP contribution in [0.3, 0.4) is 0 Å². The van der Waals surface area contributed by atoms with E-state index in [0.29, 0.717) is 24.3 Å². The van der Waals surface area contributed by atoms with Crippen LogP contribution in [0.5, 0.6) is 0 Å². The van der Waals surface area contributed by atoms with Gasteiger partial charge in [-0.15, -0.1) is 0 Å². The van der Waals surface area contributed by atoms with E-state index in [1.165, 1.54) is 19.3 Å². The first kappa shape index (κ1) is 22.9. The Morgan fingerprint density at radius 1 is 0.971 bits per heavy atom. The van der Waals surface area contributed by atoms with Crippen LogP contribution in [0.2, 0.25) is 0 Å². The largest absolute Gasteiger partial charge is 0.455 e. The summed E-state index contributed by atoms with van der Waals surface area (Å²) < 4.78 is 5.27. The quantitative estimate of drug-likeness (QED) is 0.588. The molecule has 0 spiro atoms. The van der Waals surface area contributed by atoms with Crippen molar-refractivity contribution >= 4 is 34.2 Å². The first-order valence-corrected chi connectivity index (χ1v) is 12.7. The van der Waals surface area contributed by atoms with E-state index in [2.05, 4.69) is 5.32 Å². The Bertz CT molecular complexity index is 1050. The number of hydrogen-bond donors (Lipinski definition) is 1. The van der Waals surface area contributed by atoms with Crippen LogP contribution in [0.4, 0.5) is 5.69 Å². The molecule has 180 valence electrons. The fourth-order valence-electron chi connectivity index (χ4n) is 7.07. The van der Waals surface area contributed by atoms with Crippen LogP contribution >= 0.6 is 0 Å². The molecule has 4 saturated carbocycles. The van der Waals surface area contributed by atoms with Gasteiger partial charge in [-0.2, -0.15) is 0 Å². The fraction of sp³-hybridized carbons (Fsp3) is 0.536. The number of ether oxygens (including phenoxy) is 1. The van der Waals surface area contributed by atoms with Crippen molar-refractivity contribution < 1.29 is 19.1 Å². The molecule has 2 amide bonds. The number of likely N-dealkylation sites (N-methyl/N-ethyl adjacent to an activating group) is 1. The number of fused-ring (bicyclic) bond motifs is 1. The zero-order valence-corrected chi connectivity index (χ0v) is 19.9. The maximum atomic E-state index is 13.0. The third kappa shape index (κ3) is 4.42. The van der Waals surface area contributed by atoms with E-state index in [0.717, 1.165) is 35.7 Å². The van der Waals surface area contributed by atoms with Gasteiger partial charge in [-0.05, 0) is 74.7 Å². The predicted octanol–water partition coefficient (Wildman–Crippen LogP) is 4.46. The molecule has 2 aromatic rings. The molecule has 0 unspecified atom stereocenters. The molecule has 6 rings (SSSR count). The molecule has 0 atom stereocenters. The Hall–Kier alpha value is -2.89. The standard InChI is InChI=1S/C28H34N2O4/c1-2-30(24-9-5-7-22-6-3-4-8-23(22)24)25(31)18-34-26(32)10-11-29-27(33)28-15-19-12-20(16-28)14-21(13-19)17-28/h3-9,19-21H,2,10-18H2,1H3,(H,29,33). The van der Waals surface area contributed by atoms with Crippen molar-refractivity contribution in [2.75, 3.05) is 24.6 Å². The second-order valence-electron chi connectivity index (χ2n) is 10.5. The van der Waals surface area contributed by atoms with Crippen LogP contribution in [-0.4, -0.2) is 37.5 Å². The molecule has 4 aliphatic rings. The highest BCUT2D eigenvalue weighted by atomic mass is 16.5. The predicted molar refractivity (Wildman–Crippen MR) is 131 cm³/mol. The van der Waals surface area contributed by atoms with Crippen LogP contribution in [-0.2, 0) is 19.1 Å². The number of carbonyl (C=O) groups excluding carboxylic acids is 3. The van der Waals surface area contributed by atoms with E-state index in [9.17, 15) is 14.4 Å². The van der Waals surface area contributed by atoms with Crippen molar-refractivity contribution in [1.29, 1.82) is 0 Å². The van der Waals surface area contributed by atoms with Gasteiger partial charge in [-0.25, -0.2) is 0 Å². The van der Waals surface area contributed by atoms with Gasteiger partial charge in [0.25, 0.3) is 5.91 Å². The zero-order chi connectivity index (χ0) is 23.7. The number of benzene rings is 2. The van der Waals surface area contributed by atoms with Crippen LogP contribution in [0.1, 0.15) is 51.9 Å². The third-order valence-electron chi connectivity index (χ3n) is 8.17. The molecule has 4 fully saturated rings. The van der Waals surface area contributed by atoms with Gasteiger partial charge in [0.15, 0.2) is 6.61 Å². The van der Waals surface area contributed by atoms with Crippen LogP contribution in [0.15, 0.2) is 42.5 Å². The Labute approximate surface area is 201 Å². The number of anilines is 1. The molecule has 34 heavy (non-hydrogen) atoms. The smallest absolute Gasteiger partial charge is 0.308 e. The molecule has 6 heteroatoms. The lowest BCUT2D eigenvalue weighted by molar-refractivity contribution is -0.149. The van der Waals surface area contributed by atoms with Gasteiger partial charge < -0.3 is 15.0 Å². The third-order valence-corrected chi connectivity index (χ3v) is 8.17. The first-order valence-electron chi connectivity index (χ1n) is 12.7. The monoisotopic (exact) mass is 462 g/mol. The van der Waals surface area contributed by atoms with Gasteiger partial charge in [-0.3, -0.25) is 14.4 Å². The average molecular weight is 463 g/mol. The summed E-state index contributed by atoms with van der Waals surface area (Å²) in [6.45, 7) is 2.33. The molecule has 2 aromatic carbocycles. The highest BCUT2D eigenvalue weighted by Gasteiger charge is 2.54. The SMILES string of the molecule is CCN(C(=O)COC(=O)CCNC(=O)C12CC3CC(CC(C3)C1)C2)c1cccc2ccccc12. The van der Waals surface area contributed by atoms with E-state index >= 15 is 0 Å². The minimum atomic E-state index is -0.465. The molecule has 0 aromatic heterocycles. The summed E-state index contributed by atoms with van der Waals surface area (Å²) in [7, 11) is 0. The minimum absolute atomic E-state index is 0.0752. The van der Waals surface area contributed by atoms with E-state index in [4.69, 9.17) is 4.74 Å². The minimum Gasteiger partial charge on any atom is -0.455 e. The molecule has 0 radical (unpaired) electrons. The molecule has 4 aliphatic carbocycles. The molecule has 0 saturated heterocycles. The molecule has 4 bridgehead atoms. The molecule has 1 N–H and O–H groups in total. The van der Waals surface area contributed by atoms with Gasteiger partial charge in [0.05, 0.1) is 12.1 Å². The van der Waals surface area contributed by atoms with Crippen molar-refractivity contribution in [1.82, 2.24) is 5.32 Å². The Morgan fingerprint density at radius 2 is 1.62 bits per heavy atom. The summed E-state index contributed by atoms with van der Waals surface area (Å²) in [6.07, 6.45) is 6.97. The summed E-state index contributed by atoms with van der Waals surface area (Å²) in [5.41, 5.74) is 0.596. The lowest BCUT2D eigenvalue weighted by Gasteiger charge is -2.55. The van der Waals surface area contributed by atoms with Crippen molar-refractivity contribution in [3.05, 3.63) is 42.5 Å². The Kier molecular flexibility index (Phi) is 6.32. The molecule has 0 heterocycles. The number of esters is 1. The van der Waals surface area contributed by atoms with Gasteiger partial charge in [0, 0.05) is 23.9 Å². The fourth-order valence-corrected chi connectivity index (χ4v) is 7.07.